The molecule has 5 rings (SSSR count). The second-order valence-corrected chi connectivity index (χ2v) is 12.7. The number of carbonyl (C=O) groups excluding carboxylic acids is 3. The molecule has 0 spiro atoms. The minimum absolute atomic E-state index is 0.0240. The summed E-state index contributed by atoms with van der Waals surface area (Å²) in [4.78, 5) is 45.8. The van der Waals surface area contributed by atoms with Gasteiger partial charge in [0.2, 0.25) is 11.8 Å². The first kappa shape index (κ1) is 28.3. The maximum Gasteiger partial charge on any atom is 0.408 e. The minimum atomic E-state index is -0.938. The number of fused-ring (bicyclic) bond motifs is 2. The predicted octanol–water partition coefficient (Wildman–Crippen LogP) is 3.75. The zero-order chi connectivity index (χ0) is 28.6. The van der Waals surface area contributed by atoms with E-state index in [0.717, 1.165) is 37.7 Å². The van der Waals surface area contributed by atoms with Gasteiger partial charge in [-0.05, 0) is 76.5 Å². The Morgan fingerprint density at radius 1 is 1.15 bits per heavy atom. The Morgan fingerprint density at radius 2 is 1.85 bits per heavy atom. The highest BCUT2D eigenvalue weighted by Crippen LogP contribution is 2.45. The molecule has 1 N–H and O–H groups in total. The number of alkyl carbamates (subject to hydrolysis) is 1. The van der Waals surface area contributed by atoms with Gasteiger partial charge in [0.15, 0.2) is 0 Å². The third-order valence-electron chi connectivity index (χ3n) is 8.76. The van der Waals surface area contributed by atoms with Crippen molar-refractivity contribution in [2.75, 3.05) is 19.6 Å². The molecule has 216 valence electrons. The molecule has 5 atom stereocenters. The van der Waals surface area contributed by atoms with Gasteiger partial charge >= 0.3 is 6.09 Å². The van der Waals surface area contributed by atoms with E-state index < -0.39 is 29.8 Å². The quantitative estimate of drug-likeness (QED) is 0.551. The fraction of sp³-hybridized carbons (Fsp3) is 0.667. The summed E-state index contributed by atoms with van der Waals surface area (Å²) in [5.41, 5.74) is 0.233. The molecule has 0 radical (unpaired) electrons. The summed E-state index contributed by atoms with van der Waals surface area (Å²) in [6, 6.07) is 6.76. The van der Waals surface area contributed by atoms with Crippen LogP contribution < -0.4 is 5.32 Å². The standard InChI is InChI=1S/C30H40FN5O4/c1-30(2,3)40-29(39)33-24(27(37)35-14-6-9-22(35)16-32)18-34-17-23-15-25(34)28(38)36(23)26(19-7-4-5-8-19)20-10-12-21(31)13-11-20/h10-13,19,22-26H,4-9,14-15,17-18H2,1-3H3,(H,33,39)/t22-,23+,24-,25+,26+/m0/s1. The Morgan fingerprint density at radius 3 is 2.48 bits per heavy atom. The fourth-order valence-corrected chi connectivity index (χ4v) is 7.08. The first-order valence-corrected chi connectivity index (χ1v) is 14.6. The lowest BCUT2D eigenvalue weighted by atomic mass is 9.89. The second-order valence-electron chi connectivity index (χ2n) is 12.7. The van der Waals surface area contributed by atoms with E-state index in [1.54, 1.807) is 32.9 Å². The summed E-state index contributed by atoms with van der Waals surface area (Å²) in [5, 5.41) is 12.3. The Bertz CT molecular complexity index is 1160. The third kappa shape index (κ3) is 5.80. The maximum atomic E-state index is 13.9. The molecule has 1 aromatic rings. The van der Waals surface area contributed by atoms with Gasteiger partial charge in [-0.2, -0.15) is 5.26 Å². The van der Waals surface area contributed by atoms with Crippen LogP contribution in [0.15, 0.2) is 24.3 Å². The SMILES string of the molecule is CC(C)(C)OC(=O)N[C@@H](CN1C[C@H]2C[C@@H]1C(=O)N2[C@@H](c1ccc(F)cc1)C1CCCC1)C(=O)N1CCC[C@H]1C#N. The van der Waals surface area contributed by atoms with Crippen LogP contribution in [0.25, 0.3) is 0 Å². The average molecular weight is 554 g/mol. The monoisotopic (exact) mass is 553 g/mol. The highest BCUT2D eigenvalue weighted by atomic mass is 19.1. The summed E-state index contributed by atoms with van der Waals surface area (Å²) < 4.78 is 19.2. The van der Waals surface area contributed by atoms with Crippen LogP contribution in [0.1, 0.15) is 77.3 Å². The van der Waals surface area contributed by atoms with Crippen LogP contribution in [0.2, 0.25) is 0 Å². The largest absolute Gasteiger partial charge is 0.444 e. The van der Waals surface area contributed by atoms with Gasteiger partial charge in [-0.3, -0.25) is 14.5 Å². The number of halogens is 1. The molecular formula is C30H40FN5O4. The zero-order valence-corrected chi connectivity index (χ0v) is 23.6. The van der Waals surface area contributed by atoms with E-state index in [-0.39, 0.29) is 36.3 Å². The lowest BCUT2D eigenvalue weighted by Gasteiger charge is -2.42. The van der Waals surface area contributed by atoms with Gasteiger partial charge in [-0.25, -0.2) is 9.18 Å². The Balaban J connectivity index is 1.34. The van der Waals surface area contributed by atoms with Gasteiger partial charge in [0.05, 0.1) is 18.2 Å². The zero-order valence-electron chi connectivity index (χ0n) is 23.6. The van der Waals surface area contributed by atoms with Crippen LogP contribution in [0.5, 0.6) is 0 Å². The lowest BCUT2D eigenvalue weighted by molar-refractivity contribution is -0.142. The van der Waals surface area contributed by atoms with Gasteiger partial charge in [0, 0.05) is 25.7 Å². The molecule has 3 aliphatic heterocycles. The van der Waals surface area contributed by atoms with Crippen molar-refractivity contribution in [2.24, 2.45) is 5.92 Å². The maximum absolute atomic E-state index is 13.9. The number of likely N-dealkylation sites (tertiary alicyclic amines) is 3. The highest BCUT2D eigenvalue weighted by Gasteiger charge is 2.54. The minimum Gasteiger partial charge on any atom is -0.444 e. The van der Waals surface area contributed by atoms with Crippen molar-refractivity contribution in [2.45, 2.75) is 102 Å². The van der Waals surface area contributed by atoms with Crippen molar-refractivity contribution < 1.29 is 23.5 Å². The molecule has 40 heavy (non-hydrogen) atoms. The van der Waals surface area contributed by atoms with Gasteiger partial charge in [-0.15, -0.1) is 0 Å². The molecule has 0 unspecified atom stereocenters. The van der Waals surface area contributed by atoms with Gasteiger partial charge in [-0.1, -0.05) is 25.0 Å². The lowest BCUT2D eigenvalue weighted by Crippen LogP contribution is -2.59. The Kier molecular flexibility index (Phi) is 8.05. The van der Waals surface area contributed by atoms with E-state index in [1.165, 1.54) is 17.0 Å². The van der Waals surface area contributed by atoms with Gasteiger partial charge in [0.25, 0.3) is 0 Å². The smallest absolute Gasteiger partial charge is 0.408 e. The number of nitrogens with zero attached hydrogens (tertiary/aromatic N) is 4. The number of hydrogen-bond acceptors (Lipinski definition) is 6. The van der Waals surface area contributed by atoms with Gasteiger partial charge < -0.3 is 19.9 Å². The predicted molar refractivity (Wildman–Crippen MR) is 145 cm³/mol. The molecule has 1 saturated carbocycles. The molecule has 10 heteroatoms. The molecule has 9 nitrogen and oxygen atoms in total. The summed E-state index contributed by atoms with van der Waals surface area (Å²) in [6.45, 7) is 6.47. The van der Waals surface area contributed by atoms with Gasteiger partial charge in [0.1, 0.15) is 23.5 Å². The van der Waals surface area contributed by atoms with Crippen LogP contribution in [-0.4, -0.2) is 82.0 Å². The number of benzene rings is 1. The highest BCUT2D eigenvalue weighted by molar-refractivity contribution is 5.88. The van der Waals surface area contributed by atoms with Crippen LogP contribution >= 0.6 is 0 Å². The molecule has 1 aromatic carbocycles. The van der Waals surface area contributed by atoms with Crippen LogP contribution in [0.3, 0.4) is 0 Å². The van der Waals surface area contributed by atoms with E-state index in [9.17, 15) is 24.0 Å². The molecule has 4 fully saturated rings. The summed E-state index contributed by atoms with van der Waals surface area (Å²) >= 11 is 0. The molecular weight excluding hydrogens is 513 g/mol. The molecule has 1 aliphatic carbocycles. The molecule has 0 aromatic heterocycles. The molecule has 3 saturated heterocycles. The average Bonchev–Trinajstić information content (AvgIpc) is 3.69. The van der Waals surface area contributed by atoms with Crippen molar-refractivity contribution in [3.05, 3.63) is 35.6 Å². The molecule has 3 amide bonds. The van der Waals surface area contributed by atoms with Crippen molar-refractivity contribution in [3.63, 3.8) is 0 Å². The van der Waals surface area contributed by atoms with E-state index in [4.69, 9.17) is 4.74 Å². The second kappa shape index (κ2) is 11.4. The molecule has 4 aliphatic rings. The number of rotatable bonds is 7. The van der Waals surface area contributed by atoms with E-state index in [1.807, 2.05) is 9.80 Å². The number of carbonyl (C=O) groups is 3. The number of nitrogens with one attached hydrogen (secondary N) is 1. The normalized spacial score (nSPS) is 26.7. The van der Waals surface area contributed by atoms with Crippen molar-refractivity contribution in [1.29, 1.82) is 5.26 Å². The van der Waals surface area contributed by atoms with Crippen LogP contribution in [-0.2, 0) is 14.3 Å². The Labute approximate surface area is 235 Å². The summed E-state index contributed by atoms with van der Waals surface area (Å²) in [7, 11) is 0. The van der Waals surface area contributed by atoms with Crippen molar-refractivity contribution >= 4 is 17.9 Å². The topological polar surface area (TPSA) is 106 Å². The number of ether oxygens (including phenoxy) is 1. The number of hydrogen-bond donors (Lipinski definition) is 1. The molecule has 2 bridgehead atoms. The van der Waals surface area contributed by atoms with E-state index >= 15 is 0 Å². The Hall–Kier alpha value is -3.19. The first-order valence-electron chi connectivity index (χ1n) is 14.6. The number of nitriles is 1. The van der Waals surface area contributed by atoms with E-state index in [0.29, 0.717) is 31.8 Å². The van der Waals surface area contributed by atoms with Crippen molar-refractivity contribution in [3.8, 4) is 6.07 Å². The first-order chi connectivity index (χ1) is 19.1. The van der Waals surface area contributed by atoms with Crippen LogP contribution in [0.4, 0.5) is 9.18 Å². The van der Waals surface area contributed by atoms with Crippen LogP contribution in [0, 0.1) is 23.1 Å². The fourth-order valence-electron chi connectivity index (χ4n) is 7.08. The molecule has 3 heterocycles. The van der Waals surface area contributed by atoms with Crippen molar-refractivity contribution in [1.82, 2.24) is 20.0 Å². The summed E-state index contributed by atoms with van der Waals surface area (Å²) in [5.74, 6) is -0.253. The third-order valence-corrected chi connectivity index (χ3v) is 8.76. The van der Waals surface area contributed by atoms with E-state index in [2.05, 4.69) is 11.4 Å². The number of amides is 3. The summed E-state index contributed by atoms with van der Waals surface area (Å²) in [6.07, 6.45) is 5.63. The number of piperazine rings is 1.